The van der Waals surface area contributed by atoms with Gasteiger partial charge in [-0.1, -0.05) is 65.3 Å². The van der Waals surface area contributed by atoms with E-state index >= 15 is 0 Å². The van der Waals surface area contributed by atoms with Crippen LogP contribution in [-0.2, 0) is 0 Å². The second-order valence-corrected chi connectivity index (χ2v) is 6.47. The summed E-state index contributed by atoms with van der Waals surface area (Å²) < 4.78 is 0. The van der Waals surface area contributed by atoms with Gasteiger partial charge in [-0.15, -0.1) is 0 Å². The van der Waals surface area contributed by atoms with E-state index in [0.717, 1.165) is 18.3 Å². The molecule has 0 amide bonds. The fourth-order valence-corrected chi connectivity index (χ4v) is 3.08. The molecule has 1 aliphatic carbocycles. The van der Waals surface area contributed by atoms with Gasteiger partial charge in [0.25, 0.3) is 0 Å². The fourth-order valence-electron chi connectivity index (χ4n) is 3.08. The zero-order chi connectivity index (χ0) is 13.2. The van der Waals surface area contributed by atoms with Crippen molar-refractivity contribution in [2.45, 2.75) is 60.3 Å². The van der Waals surface area contributed by atoms with Crippen molar-refractivity contribution in [3.63, 3.8) is 0 Å². The molecule has 3 unspecified atom stereocenters. The zero-order valence-electron chi connectivity index (χ0n) is 12.5. The molecule has 0 nitrogen and oxygen atoms in total. The summed E-state index contributed by atoms with van der Waals surface area (Å²) in [5.41, 5.74) is 3.22. The minimum atomic E-state index is 0.321. The second kappa shape index (κ2) is 5.42. The van der Waals surface area contributed by atoms with Crippen LogP contribution in [0.3, 0.4) is 0 Å². The van der Waals surface area contributed by atoms with Crippen molar-refractivity contribution in [3.05, 3.63) is 24.3 Å². The Bertz CT molecular complexity index is 295. The van der Waals surface area contributed by atoms with Crippen LogP contribution in [-0.4, -0.2) is 0 Å². The Morgan fingerprint density at radius 2 is 1.88 bits per heavy atom. The minimum Gasteiger partial charge on any atom is -0.0996 e. The van der Waals surface area contributed by atoms with Gasteiger partial charge in [0.1, 0.15) is 0 Å². The highest BCUT2D eigenvalue weighted by Gasteiger charge is 2.46. The van der Waals surface area contributed by atoms with E-state index in [1.54, 1.807) is 0 Å². The van der Waals surface area contributed by atoms with Crippen LogP contribution in [0.2, 0.25) is 0 Å². The molecule has 0 bridgehead atoms. The van der Waals surface area contributed by atoms with Gasteiger partial charge < -0.3 is 0 Å². The summed E-state index contributed by atoms with van der Waals surface area (Å²) in [5.74, 6) is 2.26. The van der Waals surface area contributed by atoms with E-state index in [1.165, 1.54) is 30.4 Å². The fraction of sp³-hybridized carbons (Fsp3) is 0.765. The normalized spacial score (nSPS) is 25.5. The second-order valence-electron chi connectivity index (χ2n) is 6.47. The van der Waals surface area contributed by atoms with Gasteiger partial charge in [-0.2, -0.15) is 0 Å². The third-order valence-corrected chi connectivity index (χ3v) is 4.77. The highest BCUT2D eigenvalue weighted by Crippen LogP contribution is 2.55. The summed E-state index contributed by atoms with van der Waals surface area (Å²) in [6.07, 6.45) is 4.97. The molecule has 0 aromatic heterocycles. The molecule has 3 atom stereocenters. The molecule has 0 aromatic carbocycles. The Morgan fingerprint density at radius 3 is 2.35 bits per heavy atom. The van der Waals surface area contributed by atoms with Gasteiger partial charge in [-0.3, -0.25) is 0 Å². The van der Waals surface area contributed by atoms with E-state index in [1.807, 2.05) is 0 Å². The maximum atomic E-state index is 4.40. The first-order chi connectivity index (χ1) is 7.85. The van der Waals surface area contributed by atoms with Gasteiger partial charge in [-0.25, -0.2) is 0 Å². The first-order valence-electron chi connectivity index (χ1n) is 7.22. The van der Waals surface area contributed by atoms with Crippen LogP contribution in [0.15, 0.2) is 24.3 Å². The Hall–Kier alpha value is -0.520. The minimum absolute atomic E-state index is 0.321. The molecule has 1 fully saturated rings. The van der Waals surface area contributed by atoms with Crippen molar-refractivity contribution in [1.82, 2.24) is 0 Å². The highest BCUT2D eigenvalue weighted by molar-refractivity contribution is 5.22. The van der Waals surface area contributed by atoms with Crippen LogP contribution < -0.4 is 0 Å². The molecule has 98 valence electrons. The predicted molar refractivity (Wildman–Crippen MR) is 78.0 cm³/mol. The van der Waals surface area contributed by atoms with Crippen molar-refractivity contribution in [2.75, 3.05) is 0 Å². The van der Waals surface area contributed by atoms with E-state index in [2.05, 4.69) is 47.8 Å². The molecule has 0 heteroatoms. The third kappa shape index (κ3) is 3.24. The smallest absolute Gasteiger partial charge is 0.0145 e. The molecule has 0 aliphatic heterocycles. The molecule has 0 spiro atoms. The lowest BCUT2D eigenvalue weighted by atomic mass is 9.77. The van der Waals surface area contributed by atoms with E-state index in [4.69, 9.17) is 0 Å². The quantitative estimate of drug-likeness (QED) is 0.502. The molecule has 0 saturated heterocycles. The zero-order valence-corrected chi connectivity index (χ0v) is 12.5. The van der Waals surface area contributed by atoms with Gasteiger partial charge in [0, 0.05) is 0 Å². The number of allylic oxidation sites excluding steroid dienone is 2. The number of hydrogen-bond donors (Lipinski definition) is 0. The maximum Gasteiger partial charge on any atom is -0.0145 e. The molecule has 1 saturated carbocycles. The summed E-state index contributed by atoms with van der Waals surface area (Å²) in [6.45, 7) is 20.1. The van der Waals surface area contributed by atoms with Crippen LogP contribution in [0.4, 0.5) is 0 Å². The van der Waals surface area contributed by atoms with Gasteiger partial charge in [-0.05, 0) is 42.4 Å². The molecular weight excluding hydrogens is 204 g/mol. The van der Waals surface area contributed by atoms with Gasteiger partial charge in [0.15, 0.2) is 0 Å². The summed E-state index contributed by atoms with van der Waals surface area (Å²) >= 11 is 0. The molecule has 0 N–H and O–H groups in total. The standard InChI is InChI=1S/C17H30/c1-8-10-17(6,7)14(5)16-11-15(16)13(4)12(3)9-2/h13,15-16H,3,5,8-11H2,1-2,4,6-7H3. The Morgan fingerprint density at radius 1 is 1.29 bits per heavy atom. The van der Waals surface area contributed by atoms with Crippen LogP contribution in [0, 0.1) is 23.2 Å². The Labute approximate surface area is 108 Å². The van der Waals surface area contributed by atoms with Crippen LogP contribution in [0.25, 0.3) is 0 Å². The molecule has 1 rings (SSSR count). The van der Waals surface area contributed by atoms with Crippen LogP contribution in [0.1, 0.15) is 60.3 Å². The molecule has 0 aromatic rings. The van der Waals surface area contributed by atoms with E-state index in [0.29, 0.717) is 11.3 Å². The molecule has 17 heavy (non-hydrogen) atoms. The van der Waals surface area contributed by atoms with Crippen LogP contribution in [0.5, 0.6) is 0 Å². The van der Waals surface area contributed by atoms with Crippen molar-refractivity contribution >= 4 is 0 Å². The monoisotopic (exact) mass is 234 g/mol. The topological polar surface area (TPSA) is 0 Å². The van der Waals surface area contributed by atoms with Crippen molar-refractivity contribution < 1.29 is 0 Å². The summed E-state index contributed by atoms with van der Waals surface area (Å²) in [6, 6.07) is 0. The summed E-state index contributed by atoms with van der Waals surface area (Å²) in [7, 11) is 0. The van der Waals surface area contributed by atoms with E-state index in [-0.39, 0.29) is 0 Å². The lowest BCUT2D eigenvalue weighted by Gasteiger charge is -2.28. The van der Waals surface area contributed by atoms with E-state index < -0.39 is 0 Å². The van der Waals surface area contributed by atoms with Gasteiger partial charge in [0.05, 0.1) is 0 Å². The van der Waals surface area contributed by atoms with Crippen LogP contribution >= 0.6 is 0 Å². The lowest BCUT2D eigenvalue weighted by molar-refractivity contribution is 0.375. The Balaban J connectivity index is 2.56. The summed E-state index contributed by atoms with van der Waals surface area (Å²) in [4.78, 5) is 0. The largest absolute Gasteiger partial charge is 0.0996 e. The average molecular weight is 234 g/mol. The van der Waals surface area contributed by atoms with Gasteiger partial charge >= 0.3 is 0 Å². The molecule has 0 heterocycles. The van der Waals surface area contributed by atoms with Crippen molar-refractivity contribution in [3.8, 4) is 0 Å². The first-order valence-corrected chi connectivity index (χ1v) is 7.22. The summed E-state index contributed by atoms with van der Waals surface area (Å²) in [5, 5.41) is 0. The first kappa shape index (κ1) is 14.5. The molecule has 1 aliphatic rings. The average Bonchev–Trinajstić information content (AvgIpc) is 3.05. The number of hydrogen-bond acceptors (Lipinski definition) is 0. The predicted octanol–water partition coefficient (Wildman–Crippen LogP) is 5.61. The Kier molecular flexibility index (Phi) is 4.63. The van der Waals surface area contributed by atoms with Crippen molar-refractivity contribution in [1.29, 1.82) is 0 Å². The number of rotatable bonds is 7. The molecular formula is C17H30. The SMILES string of the molecule is C=C(CC)C(C)C1CC1C(=C)C(C)(C)CCC. The third-order valence-electron chi connectivity index (χ3n) is 4.77. The molecule has 0 radical (unpaired) electrons. The lowest BCUT2D eigenvalue weighted by Crippen LogP contribution is -2.16. The maximum absolute atomic E-state index is 4.40. The van der Waals surface area contributed by atoms with Gasteiger partial charge in [0.2, 0.25) is 0 Å². The van der Waals surface area contributed by atoms with E-state index in [9.17, 15) is 0 Å². The highest BCUT2D eigenvalue weighted by atomic mass is 14.5. The van der Waals surface area contributed by atoms with Crippen molar-refractivity contribution in [2.24, 2.45) is 23.2 Å².